The molecular formula is C23H29N3O3. The van der Waals surface area contributed by atoms with Gasteiger partial charge in [-0.2, -0.15) is 0 Å². The summed E-state index contributed by atoms with van der Waals surface area (Å²) >= 11 is 0. The lowest BCUT2D eigenvalue weighted by molar-refractivity contribution is -0.115. The van der Waals surface area contributed by atoms with Crippen LogP contribution in [0.25, 0.3) is 0 Å². The molecule has 154 valence electrons. The number of hydrogen-bond acceptors (Lipinski definition) is 4. The fourth-order valence-corrected chi connectivity index (χ4v) is 3.36. The van der Waals surface area contributed by atoms with E-state index in [2.05, 4.69) is 22.5 Å². The van der Waals surface area contributed by atoms with Crippen LogP contribution in [0.2, 0.25) is 0 Å². The van der Waals surface area contributed by atoms with Crippen molar-refractivity contribution < 1.29 is 14.3 Å². The molecule has 1 aliphatic heterocycles. The first-order valence-electron chi connectivity index (χ1n) is 10.2. The van der Waals surface area contributed by atoms with E-state index in [4.69, 9.17) is 4.74 Å². The van der Waals surface area contributed by atoms with Gasteiger partial charge in [0.25, 0.3) is 5.91 Å². The van der Waals surface area contributed by atoms with Gasteiger partial charge in [0, 0.05) is 30.0 Å². The largest absolute Gasteiger partial charge is 0.494 e. The van der Waals surface area contributed by atoms with Gasteiger partial charge in [0.1, 0.15) is 5.75 Å². The van der Waals surface area contributed by atoms with Crippen LogP contribution in [0.5, 0.6) is 5.75 Å². The number of carbonyl (C=O) groups is 2. The summed E-state index contributed by atoms with van der Waals surface area (Å²) in [7, 11) is 0. The van der Waals surface area contributed by atoms with Gasteiger partial charge in [-0.05, 0) is 74.2 Å². The van der Waals surface area contributed by atoms with Crippen LogP contribution >= 0.6 is 0 Å². The molecule has 1 saturated heterocycles. The zero-order valence-corrected chi connectivity index (χ0v) is 17.1. The Morgan fingerprint density at radius 3 is 2.31 bits per heavy atom. The highest BCUT2D eigenvalue weighted by Crippen LogP contribution is 2.24. The summed E-state index contributed by atoms with van der Waals surface area (Å²) in [5.41, 5.74) is 2.39. The maximum absolute atomic E-state index is 12.2. The predicted octanol–water partition coefficient (Wildman–Crippen LogP) is 3.69. The Kier molecular flexibility index (Phi) is 7.11. The monoisotopic (exact) mass is 395 g/mol. The molecule has 2 aromatic carbocycles. The van der Waals surface area contributed by atoms with Gasteiger partial charge in [-0.25, -0.2) is 0 Å². The molecule has 1 fully saturated rings. The van der Waals surface area contributed by atoms with Gasteiger partial charge in [0.05, 0.1) is 13.2 Å². The van der Waals surface area contributed by atoms with Crippen molar-refractivity contribution >= 4 is 23.2 Å². The number of ether oxygens (including phenoxy) is 1. The lowest BCUT2D eigenvalue weighted by Gasteiger charge is -2.32. The van der Waals surface area contributed by atoms with Crippen molar-refractivity contribution in [3.8, 4) is 5.75 Å². The molecule has 2 aromatic rings. The van der Waals surface area contributed by atoms with Gasteiger partial charge >= 0.3 is 0 Å². The number of piperidine rings is 1. The van der Waals surface area contributed by atoms with Crippen molar-refractivity contribution in [1.29, 1.82) is 0 Å². The average Bonchev–Trinajstić information content (AvgIpc) is 2.74. The number of nitrogens with zero attached hydrogens (tertiary/aromatic N) is 1. The predicted molar refractivity (Wildman–Crippen MR) is 116 cm³/mol. The molecule has 0 unspecified atom stereocenters. The molecule has 2 amide bonds. The SMILES string of the molecule is CCOc1ccc(C(=O)NCC(=O)Nc2ccc(N3CCC(C)CC3)cc2)cc1. The van der Waals surface area contributed by atoms with E-state index in [1.54, 1.807) is 24.3 Å². The van der Waals surface area contributed by atoms with Crippen LogP contribution in [0.15, 0.2) is 48.5 Å². The highest BCUT2D eigenvalue weighted by atomic mass is 16.5. The number of hydrogen-bond donors (Lipinski definition) is 2. The molecule has 3 rings (SSSR count). The van der Waals surface area contributed by atoms with E-state index in [0.717, 1.165) is 24.7 Å². The van der Waals surface area contributed by atoms with Crippen molar-refractivity contribution in [1.82, 2.24) is 5.32 Å². The fourth-order valence-electron chi connectivity index (χ4n) is 3.36. The summed E-state index contributed by atoms with van der Waals surface area (Å²) in [5, 5.41) is 5.46. The Morgan fingerprint density at radius 1 is 1.03 bits per heavy atom. The minimum absolute atomic E-state index is 0.0855. The Bertz CT molecular complexity index is 810. The lowest BCUT2D eigenvalue weighted by atomic mass is 9.99. The van der Waals surface area contributed by atoms with Gasteiger partial charge in [-0.15, -0.1) is 0 Å². The first kappa shape index (κ1) is 20.7. The second kappa shape index (κ2) is 9.96. The topological polar surface area (TPSA) is 70.7 Å². The van der Waals surface area contributed by atoms with Crippen LogP contribution in [0.4, 0.5) is 11.4 Å². The van der Waals surface area contributed by atoms with Crippen molar-refractivity contribution in [3.05, 3.63) is 54.1 Å². The summed E-state index contributed by atoms with van der Waals surface area (Å²) in [6, 6.07) is 14.7. The lowest BCUT2D eigenvalue weighted by Crippen LogP contribution is -2.33. The second-order valence-electron chi connectivity index (χ2n) is 7.40. The van der Waals surface area contributed by atoms with E-state index in [0.29, 0.717) is 17.9 Å². The standard InChI is InChI=1S/C23H29N3O3/c1-3-29-21-10-4-18(5-11-21)23(28)24-16-22(27)25-19-6-8-20(9-7-19)26-14-12-17(2)13-15-26/h4-11,17H,3,12-16H2,1-2H3,(H,24,28)(H,25,27). The molecule has 0 saturated carbocycles. The van der Waals surface area contributed by atoms with Gasteiger partial charge in [0.15, 0.2) is 0 Å². The molecule has 2 N–H and O–H groups in total. The second-order valence-corrected chi connectivity index (χ2v) is 7.40. The van der Waals surface area contributed by atoms with Crippen molar-refractivity contribution in [3.63, 3.8) is 0 Å². The third-order valence-corrected chi connectivity index (χ3v) is 5.14. The number of benzene rings is 2. The third kappa shape index (κ3) is 5.98. The van der Waals surface area contributed by atoms with Crippen LogP contribution in [0.3, 0.4) is 0 Å². The first-order valence-corrected chi connectivity index (χ1v) is 10.2. The van der Waals surface area contributed by atoms with Crippen LogP contribution in [-0.4, -0.2) is 38.1 Å². The molecule has 1 aliphatic rings. The molecule has 1 heterocycles. The Labute approximate surface area is 172 Å². The fraction of sp³-hybridized carbons (Fsp3) is 0.391. The molecular weight excluding hydrogens is 366 g/mol. The molecule has 0 aromatic heterocycles. The Balaban J connectivity index is 1.46. The van der Waals surface area contributed by atoms with Crippen molar-refractivity contribution in [2.75, 3.05) is 36.5 Å². The minimum Gasteiger partial charge on any atom is -0.494 e. The zero-order chi connectivity index (χ0) is 20.6. The number of carbonyl (C=O) groups excluding carboxylic acids is 2. The molecule has 6 nitrogen and oxygen atoms in total. The highest BCUT2D eigenvalue weighted by Gasteiger charge is 2.16. The summed E-state index contributed by atoms with van der Waals surface area (Å²) in [6.45, 7) is 6.84. The smallest absolute Gasteiger partial charge is 0.251 e. The molecule has 6 heteroatoms. The van der Waals surface area contributed by atoms with E-state index in [1.165, 1.54) is 18.5 Å². The molecule has 29 heavy (non-hydrogen) atoms. The maximum atomic E-state index is 12.2. The van der Waals surface area contributed by atoms with Crippen LogP contribution in [-0.2, 0) is 4.79 Å². The van der Waals surface area contributed by atoms with Crippen molar-refractivity contribution in [2.24, 2.45) is 5.92 Å². The Morgan fingerprint density at radius 2 is 1.69 bits per heavy atom. The number of rotatable bonds is 7. The number of nitrogens with one attached hydrogen (secondary N) is 2. The molecule has 0 atom stereocenters. The van der Waals surface area contributed by atoms with Gasteiger partial charge in [-0.3, -0.25) is 9.59 Å². The van der Waals surface area contributed by atoms with E-state index >= 15 is 0 Å². The zero-order valence-electron chi connectivity index (χ0n) is 17.1. The van der Waals surface area contributed by atoms with E-state index < -0.39 is 0 Å². The number of amides is 2. The molecule has 0 bridgehead atoms. The number of anilines is 2. The summed E-state index contributed by atoms with van der Waals surface area (Å²) < 4.78 is 5.36. The van der Waals surface area contributed by atoms with E-state index in [9.17, 15) is 9.59 Å². The average molecular weight is 396 g/mol. The van der Waals surface area contributed by atoms with E-state index in [-0.39, 0.29) is 18.4 Å². The molecule has 0 aliphatic carbocycles. The quantitative estimate of drug-likeness (QED) is 0.750. The van der Waals surface area contributed by atoms with Gasteiger partial charge in [-0.1, -0.05) is 6.92 Å². The summed E-state index contributed by atoms with van der Waals surface area (Å²) in [5.74, 6) is 0.952. The third-order valence-electron chi connectivity index (χ3n) is 5.14. The first-order chi connectivity index (χ1) is 14.0. The van der Waals surface area contributed by atoms with Gasteiger partial charge in [0.2, 0.25) is 5.91 Å². The highest BCUT2D eigenvalue weighted by molar-refractivity contribution is 5.99. The normalized spacial score (nSPS) is 14.3. The van der Waals surface area contributed by atoms with Crippen LogP contribution in [0, 0.1) is 5.92 Å². The maximum Gasteiger partial charge on any atom is 0.251 e. The summed E-state index contributed by atoms with van der Waals surface area (Å²) in [6.07, 6.45) is 2.43. The van der Waals surface area contributed by atoms with Gasteiger partial charge < -0.3 is 20.3 Å². The minimum atomic E-state index is -0.294. The summed E-state index contributed by atoms with van der Waals surface area (Å²) in [4.78, 5) is 26.7. The molecule has 0 spiro atoms. The Hall–Kier alpha value is -3.02. The van der Waals surface area contributed by atoms with E-state index in [1.807, 2.05) is 31.2 Å². The molecule has 0 radical (unpaired) electrons. The van der Waals surface area contributed by atoms with Crippen molar-refractivity contribution in [2.45, 2.75) is 26.7 Å². The van der Waals surface area contributed by atoms with Crippen LogP contribution < -0.4 is 20.3 Å². The van der Waals surface area contributed by atoms with Crippen LogP contribution in [0.1, 0.15) is 37.0 Å².